The molecule has 160 valence electrons. The molecule has 0 aliphatic rings. The molecule has 0 saturated heterocycles. The number of anilines is 2. The Hall–Kier alpha value is -4.08. The SMILES string of the molecule is CC(=O)Nc1ccc(NC(=O)C(C#N)=Cc2cccc(OCc3ccc(Cl)cc3)c2)cc1. The summed E-state index contributed by atoms with van der Waals surface area (Å²) >= 11 is 5.89. The molecule has 0 saturated carbocycles. The van der Waals surface area contributed by atoms with E-state index in [1.807, 2.05) is 18.2 Å². The summed E-state index contributed by atoms with van der Waals surface area (Å²) in [6.45, 7) is 1.78. The molecule has 32 heavy (non-hydrogen) atoms. The van der Waals surface area contributed by atoms with Crippen LogP contribution in [0.2, 0.25) is 5.02 Å². The molecule has 0 heterocycles. The highest BCUT2D eigenvalue weighted by molar-refractivity contribution is 6.30. The Morgan fingerprint density at radius 2 is 1.66 bits per heavy atom. The molecule has 0 radical (unpaired) electrons. The molecule has 2 N–H and O–H groups in total. The van der Waals surface area contributed by atoms with E-state index >= 15 is 0 Å². The summed E-state index contributed by atoms with van der Waals surface area (Å²) in [5.41, 5.74) is 2.70. The zero-order chi connectivity index (χ0) is 22.9. The molecule has 2 amide bonds. The molecule has 7 heteroatoms. The lowest BCUT2D eigenvalue weighted by molar-refractivity contribution is -0.114. The van der Waals surface area contributed by atoms with Gasteiger partial charge >= 0.3 is 0 Å². The van der Waals surface area contributed by atoms with Gasteiger partial charge in [-0.25, -0.2) is 0 Å². The average molecular weight is 446 g/mol. The number of benzene rings is 3. The van der Waals surface area contributed by atoms with Gasteiger partial charge in [0.15, 0.2) is 0 Å². The van der Waals surface area contributed by atoms with Crippen molar-refractivity contribution in [2.24, 2.45) is 0 Å². The maximum Gasteiger partial charge on any atom is 0.266 e. The number of halogens is 1. The van der Waals surface area contributed by atoms with Gasteiger partial charge in [0.2, 0.25) is 5.91 Å². The van der Waals surface area contributed by atoms with Crippen LogP contribution in [0.15, 0.2) is 78.4 Å². The Labute approximate surface area is 191 Å². The number of rotatable bonds is 7. The highest BCUT2D eigenvalue weighted by Gasteiger charge is 2.10. The van der Waals surface area contributed by atoms with Gasteiger partial charge in [-0.1, -0.05) is 35.9 Å². The van der Waals surface area contributed by atoms with Crippen molar-refractivity contribution in [3.8, 4) is 11.8 Å². The van der Waals surface area contributed by atoms with Crippen LogP contribution in [0.3, 0.4) is 0 Å². The van der Waals surface area contributed by atoms with E-state index in [0.717, 1.165) is 5.56 Å². The van der Waals surface area contributed by atoms with E-state index in [1.165, 1.54) is 13.0 Å². The molecule has 0 bridgehead atoms. The van der Waals surface area contributed by atoms with Gasteiger partial charge < -0.3 is 15.4 Å². The van der Waals surface area contributed by atoms with Crippen LogP contribution in [0.5, 0.6) is 5.75 Å². The summed E-state index contributed by atoms with van der Waals surface area (Å²) < 4.78 is 5.80. The minimum Gasteiger partial charge on any atom is -0.489 e. The smallest absolute Gasteiger partial charge is 0.266 e. The first kappa shape index (κ1) is 22.6. The first-order chi connectivity index (χ1) is 15.4. The lowest BCUT2D eigenvalue weighted by Crippen LogP contribution is -2.13. The molecule has 0 atom stereocenters. The van der Waals surface area contributed by atoms with Gasteiger partial charge in [-0.3, -0.25) is 9.59 Å². The minimum atomic E-state index is -0.535. The monoisotopic (exact) mass is 445 g/mol. The second-order valence-corrected chi connectivity index (χ2v) is 7.31. The van der Waals surface area contributed by atoms with Gasteiger partial charge in [-0.05, 0) is 65.7 Å². The lowest BCUT2D eigenvalue weighted by atomic mass is 10.1. The standard InChI is InChI=1S/C25H20ClN3O3/c1-17(30)28-22-9-11-23(12-10-22)29-25(31)20(15-27)13-19-3-2-4-24(14-19)32-16-18-5-7-21(26)8-6-18/h2-14H,16H2,1H3,(H,28,30)(H,29,31). The van der Waals surface area contributed by atoms with Crippen LogP contribution < -0.4 is 15.4 Å². The predicted octanol–water partition coefficient (Wildman–Crippen LogP) is 5.42. The van der Waals surface area contributed by atoms with E-state index < -0.39 is 5.91 Å². The van der Waals surface area contributed by atoms with Gasteiger partial charge in [0.1, 0.15) is 24.0 Å². The Balaban J connectivity index is 1.66. The molecule has 0 spiro atoms. The van der Waals surface area contributed by atoms with E-state index in [9.17, 15) is 14.9 Å². The Morgan fingerprint density at radius 1 is 1.00 bits per heavy atom. The molecule has 3 aromatic rings. The van der Waals surface area contributed by atoms with Gasteiger partial charge in [-0.2, -0.15) is 5.26 Å². The highest BCUT2D eigenvalue weighted by atomic mass is 35.5. The number of hydrogen-bond acceptors (Lipinski definition) is 4. The zero-order valence-corrected chi connectivity index (χ0v) is 18.0. The average Bonchev–Trinajstić information content (AvgIpc) is 2.78. The largest absolute Gasteiger partial charge is 0.489 e. The van der Waals surface area contributed by atoms with Gasteiger partial charge in [0.25, 0.3) is 5.91 Å². The molecule has 6 nitrogen and oxygen atoms in total. The number of hydrogen-bond donors (Lipinski definition) is 2. The third-order valence-electron chi connectivity index (χ3n) is 4.32. The predicted molar refractivity (Wildman–Crippen MR) is 125 cm³/mol. The molecule has 0 aliphatic carbocycles. The van der Waals surface area contributed by atoms with E-state index in [2.05, 4.69) is 10.6 Å². The van der Waals surface area contributed by atoms with Crippen molar-refractivity contribution < 1.29 is 14.3 Å². The van der Waals surface area contributed by atoms with Crippen molar-refractivity contribution in [1.29, 1.82) is 5.26 Å². The van der Waals surface area contributed by atoms with Gasteiger partial charge in [0, 0.05) is 23.3 Å². The van der Waals surface area contributed by atoms with Crippen LogP contribution in [0.25, 0.3) is 6.08 Å². The number of amides is 2. The molecule has 3 rings (SSSR count). The number of nitriles is 1. The van der Waals surface area contributed by atoms with Crippen molar-refractivity contribution in [2.75, 3.05) is 10.6 Å². The van der Waals surface area contributed by atoms with Gasteiger partial charge in [0.05, 0.1) is 0 Å². The fourth-order valence-corrected chi connectivity index (χ4v) is 2.92. The summed E-state index contributed by atoms with van der Waals surface area (Å²) in [6.07, 6.45) is 1.50. The molecule has 0 aliphatic heterocycles. The number of carbonyl (C=O) groups excluding carboxylic acids is 2. The summed E-state index contributed by atoms with van der Waals surface area (Å²) in [4.78, 5) is 23.6. The van der Waals surface area contributed by atoms with Crippen molar-refractivity contribution in [2.45, 2.75) is 13.5 Å². The van der Waals surface area contributed by atoms with E-state index in [4.69, 9.17) is 16.3 Å². The van der Waals surface area contributed by atoms with Crippen molar-refractivity contribution in [1.82, 2.24) is 0 Å². The second kappa shape index (κ2) is 10.8. The third kappa shape index (κ3) is 6.73. The van der Waals surface area contributed by atoms with Gasteiger partial charge in [-0.15, -0.1) is 0 Å². The Bertz CT molecular complexity index is 1180. The van der Waals surface area contributed by atoms with E-state index in [1.54, 1.807) is 60.7 Å². The molecule has 0 unspecified atom stereocenters. The lowest BCUT2D eigenvalue weighted by Gasteiger charge is -2.08. The zero-order valence-electron chi connectivity index (χ0n) is 17.3. The maximum absolute atomic E-state index is 12.5. The normalized spacial score (nSPS) is 10.7. The quantitative estimate of drug-likeness (QED) is 0.375. The topological polar surface area (TPSA) is 91.2 Å². The first-order valence-electron chi connectivity index (χ1n) is 9.71. The van der Waals surface area contributed by atoms with Crippen molar-refractivity contribution in [3.05, 3.63) is 94.5 Å². The molecule has 0 fully saturated rings. The molecule has 0 aromatic heterocycles. The van der Waals surface area contributed by atoms with Crippen LogP contribution in [-0.4, -0.2) is 11.8 Å². The van der Waals surface area contributed by atoms with Crippen LogP contribution in [0.4, 0.5) is 11.4 Å². The first-order valence-corrected chi connectivity index (χ1v) is 10.1. The second-order valence-electron chi connectivity index (χ2n) is 6.87. The number of ether oxygens (including phenoxy) is 1. The molecular weight excluding hydrogens is 426 g/mol. The summed E-state index contributed by atoms with van der Waals surface area (Å²) in [5.74, 6) is -0.108. The Kier molecular flexibility index (Phi) is 7.63. The fraction of sp³-hybridized carbons (Fsp3) is 0.0800. The molecular formula is C25H20ClN3O3. The summed E-state index contributed by atoms with van der Waals surface area (Å²) in [7, 11) is 0. The van der Waals surface area contributed by atoms with Crippen LogP contribution in [0, 0.1) is 11.3 Å². The van der Waals surface area contributed by atoms with Crippen molar-refractivity contribution in [3.63, 3.8) is 0 Å². The maximum atomic E-state index is 12.5. The third-order valence-corrected chi connectivity index (χ3v) is 4.57. The van der Waals surface area contributed by atoms with Crippen LogP contribution in [-0.2, 0) is 16.2 Å². The number of carbonyl (C=O) groups is 2. The summed E-state index contributed by atoms with van der Waals surface area (Å²) in [6, 6.07) is 23.0. The number of nitrogens with zero attached hydrogens (tertiary/aromatic N) is 1. The Morgan fingerprint density at radius 3 is 2.28 bits per heavy atom. The highest BCUT2D eigenvalue weighted by Crippen LogP contribution is 2.19. The molecule has 3 aromatic carbocycles. The summed E-state index contributed by atoms with van der Waals surface area (Å²) in [5, 5.41) is 15.4. The van der Waals surface area contributed by atoms with Crippen LogP contribution >= 0.6 is 11.6 Å². The van der Waals surface area contributed by atoms with E-state index in [-0.39, 0.29) is 11.5 Å². The van der Waals surface area contributed by atoms with Crippen molar-refractivity contribution >= 4 is 40.9 Å². The number of nitrogens with one attached hydrogen (secondary N) is 2. The van der Waals surface area contributed by atoms with Crippen LogP contribution in [0.1, 0.15) is 18.1 Å². The fourth-order valence-electron chi connectivity index (χ4n) is 2.80. The van der Waals surface area contributed by atoms with E-state index in [0.29, 0.717) is 34.3 Å². The minimum absolute atomic E-state index is 0.0502.